The molecular formula is C13H17N5O. The van der Waals surface area contributed by atoms with E-state index in [0.29, 0.717) is 17.4 Å². The molecule has 100 valence electrons. The van der Waals surface area contributed by atoms with Crippen LogP contribution in [0.4, 0.5) is 5.82 Å². The largest absolute Gasteiger partial charge is 0.356 e. The molecule has 0 aliphatic heterocycles. The first-order chi connectivity index (χ1) is 9.02. The van der Waals surface area contributed by atoms with Crippen molar-refractivity contribution in [2.24, 2.45) is 0 Å². The molecule has 1 fully saturated rings. The highest BCUT2D eigenvalue weighted by Crippen LogP contribution is 2.20. The molecule has 1 atom stereocenters. The number of hydrogen-bond donors (Lipinski definition) is 2. The Morgan fingerprint density at radius 3 is 2.68 bits per heavy atom. The van der Waals surface area contributed by atoms with Gasteiger partial charge in [-0.15, -0.1) is 5.10 Å². The number of rotatable bonds is 4. The maximum atomic E-state index is 11.8. The molecule has 1 saturated carbocycles. The second-order valence-electron chi connectivity index (χ2n) is 4.89. The van der Waals surface area contributed by atoms with Crippen LogP contribution < -0.4 is 10.6 Å². The molecule has 2 N–H and O–H groups in total. The van der Waals surface area contributed by atoms with E-state index in [0.717, 1.165) is 24.1 Å². The summed E-state index contributed by atoms with van der Waals surface area (Å²) < 4.78 is 0. The van der Waals surface area contributed by atoms with Crippen molar-refractivity contribution in [3.63, 3.8) is 0 Å². The fourth-order valence-electron chi connectivity index (χ4n) is 1.67. The van der Waals surface area contributed by atoms with E-state index in [9.17, 15) is 10.1 Å². The minimum Gasteiger partial charge on any atom is -0.356 e. The molecule has 1 aromatic rings. The Morgan fingerprint density at radius 1 is 1.42 bits per heavy atom. The quantitative estimate of drug-likeness (QED) is 0.843. The average molecular weight is 259 g/mol. The average Bonchev–Trinajstić information content (AvgIpc) is 3.18. The molecule has 0 spiro atoms. The van der Waals surface area contributed by atoms with Gasteiger partial charge >= 0.3 is 0 Å². The van der Waals surface area contributed by atoms with Crippen molar-refractivity contribution < 1.29 is 4.79 Å². The smallest absolute Gasteiger partial charge is 0.242 e. The Balaban J connectivity index is 2.12. The molecule has 0 saturated heterocycles. The van der Waals surface area contributed by atoms with Crippen LogP contribution in [0.5, 0.6) is 0 Å². The molecule has 0 bridgehead atoms. The van der Waals surface area contributed by atoms with Crippen molar-refractivity contribution in [3.05, 3.63) is 16.8 Å². The molecule has 19 heavy (non-hydrogen) atoms. The lowest BCUT2D eigenvalue weighted by Gasteiger charge is -2.15. The van der Waals surface area contributed by atoms with Crippen LogP contribution in [0.2, 0.25) is 0 Å². The summed E-state index contributed by atoms with van der Waals surface area (Å²) in [6.07, 6.45) is 2.09. The molecule has 0 radical (unpaired) electrons. The van der Waals surface area contributed by atoms with Crippen molar-refractivity contribution >= 4 is 11.7 Å². The maximum absolute atomic E-state index is 11.8. The Bertz CT molecular complexity index is 545. The van der Waals surface area contributed by atoms with E-state index in [1.54, 1.807) is 13.8 Å². The predicted octanol–water partition coefficient (Wildman–Crippen LogP) is 1.04. The van der Waals surface area contributed by atoms with Crippen molar-refractivity contribution in [3.8, 4) is 6.07 Å². The first-order valence-corrected chi connectivity index (χ1v) is 6.33. The number of nitrogens with one attached hydrogen (secondary N) is 2. The number of anilines is 1. The van der Waals surface area contributed by atoms with E-state index in [1.165, 1.54) is 0 Å². The maximum Gasteiger partial charge on any atom is 0.242 e. The van der Waals surface area contributed by atoms with Gasteiger partial charge in [0.05, 0.1) is 5.69 Å². The van der Waals surface area contributed by atoms with Crippen LogP contribution in [-0.2, 0) is 4.79 Å². The van der Waals surface area contributed by atoms with E-state index in [4.69, 9.17) is 0 Å². The fraction of sp³-hybridized carbons (Fsp3) is 0.538. The van der Waals surface area contributed by atoms with Gasteiger partial charge in [-0.1, -0.05) is 0 Å². The Labute approximate surface area is 112 Å². The summed E-state index contributed by atoms with van der Waals surface area (Å²) in [6, 6.07) is 1.98. The van der Waals surface area contributed by atoms with Gasteiger partial charge in [-0.2, -0.15) is 10.4 Å². The zero-order valence-corrected chi connectivity index (χ0v) is 11.3. The zero-order valence-electron chi connectivity index (χ0n) is 11.3. The minimum absolute atomic E-state index is 0.0774. The minimum atomic E-state index is -0.441. The van der Waals surface area contributed by atoms with Crippen LogP contribution in [0.25, 0.3) is 0 Å². The van der Waals surface area contributed by atoms with Gasteiger partial charge in [0.25, 0.3) is 0 Å². The number of aromatic nitrogens is 2. The van der Waals surface area contributed by atoms with E-state index in [2.05, 4.69) is 26.9 Å². The molecule has 1 amide bonds. The lowest BCUT2D eigenvalue weighted by Crippen LogP contribution is -2.39. The highest BCUT2D eigenvalue weighted by atomic mass is 16.2. The molecule has 6 nitrogen and oxygen atoms in total. The number of aryl methyl sites for hydroxylation is 1. The Kier molecular flexibility index (Phi) is 3.65. The van der Waals surface area contributed by atoms with E-state index < -0.39 is 6.04 Å². The van der Waals surface area contributed by atoms with Gasteiger partial charge in [0.1, 0.15) is 17.7 Å². The van der Waals surface area contributed by atoms with Crippen LogP contribution in [0.3, 0.4) is 0 Å². The van der Waals surface area contributed by atoms with Crippen LogP contribution in [0.1, 0.15) is 36.6 Å². The van der Waals surface area contributed by atoms with Gasteiger partial charge in [-0.05, 0) is 39.2 Å². The van der Waals surface area contributed by atoms with Gasteiger partial charge in [0.15, 0.2) is 5.82 Å². The first kappa shape index (κ1) is 13.3. The van der Waals surface area contributed by atoms with Gasteiger partial charge in [0.2, 0.25) is 5.91 Å². The number of nitriles is 1. The SMILES string of the molecule is Cc1nnc(NC(C)C(=O)NC2CC2)c(C#N)c1C. The molecule has 1 heterocycles. The summed E-state index contributed by atoms with van der Waals surface area (Å²) in [4.78, 5) is 11.8. The second-order valence-corrected chi connectivity index (χ2v) is 4.89. The van der Waals surface area contributed by atoms with E-state index >= 15 is 0 Å². The van der Waals surface area contributed by atoms with Gasteiger partial charge < -0.3 is 10.6 Å². The first-order valence-electron chi connectivity index (χ1n) is 6.33. The Hall–Kier alpha value is -2.16. The van der Waals surface area contributed by atoms with Gasteiger partial charge in [0, 0.05) is 6.04 Å². The molecular weight excluding hydrogens is 242 g/mol. The third kappa shape index (κ3) is 2.99. The van der Waals surface area contributed by atoms with Crippen LogP contribution in [0, 0.1) is 25.2 Å². The molecule has 1 aromatic heterocycles. The zero-order chi connectivity index (χ0) is 14.0. The molecule has 1 aliphatic rings. The normalized spacial score (nSPS) is 15.5. The summed E-state index contributed by atoms with van der Waals surface area (Å²) in [5.74, 6) is 0.287. The lowest BCUT2D eigenvalue weighted by molar-refractivity contribution is -0.121. The Morgan fingerprint density at radius 2 is 2.11 bits per heavy atom. The van der Waals surface area contributed by atoms with E-state index in [1.807, 2.05) is 6.92 Å². The molecule has 1 aliphatic carbocycles. The highest BCUT2D eigenvalue weighted by Gasteiger charge is 2.26. The molecule has 2 rings (SSSR count). The number of carbonyl (C=O) groups excluding carboxylic acids is 1. The van der Waals surface area contributed by atoms with Crippen molar-refractivity contribution in [1.82, 2.24) is 15.5 Å². The summed E-state index contributed by atoms with van der Waals surface area (Å²) in [6.45, 7) is 5.37. The molecule has 1 unspecified atom stereocenters. The number of carbonyl (C=O) groups is 1. The number of nitrogens with zero attached hydrogens (tertiary/aromatic N) is 3. The van der Waals surface area contributed by atoms with Crippen molar-refractivity contribution in [1.29, 1.82) is 5.26 Å². The lowest BCUT2D eigenvalue weighted by atomic mass is 10.1. The van der Waals surface area contributed by atoms with Gasteiger partial charge in [-0.25, -0.2) is 0 Å². The van der Waals surface area contributed by atoms with Gasteiger partial charge in [-0.3, -0.25) is 4.79 Å². The summed E-state index contributed by atoms with van der Waals surface area (Å²) in [5.41, 5.74) is 1.95. The fourth-order valence-corrected chi connectivity index (χ4v) is 1.67. The summed E-state index contributed by atoms with van der Waals surface area (Å²) >= 11 is 0. The predicted molar refractivity (Wildman–Crippen MR) is 70.5 cm³/mol. The van der Waals surface area contributed by atoms with E-state index in [-0.39, 0.29) is 5.91 Å². The summed E-state index contributed by atoms with van der Waals surface area (Å²) in [5, 5.41) is 23.0. The monoisotopic (exact) mass is 259 g/mol. The van der Waals surface area contributed by atoms with Crippen LogP contribution in [-0.4, -0.2) is 28.2 Å². The molecule has 0 aromatic carbocycles. The van der Waals surface area contributed by atoms with Crippen molar-refractivity contribution in [2.45, 2.75) is 45.7 Å². The number of hydrogen-bond acceptors (Lipinski definition) is 5. The molecule has 6 heteroatoms. The number of amides is 1. The third-order valence-corrected chi connectivity index (χ3v) is 3.24. The topological polar surface area (TPSA) is 90.7 Å². The van der Waals surface area contributed by atoms with Crippen LogP contribution in [0.15, 0.2) is 0 Å². The summed E-state index contributed by atoms with van der Waals surface area (Å²) in [7, 11) is 0. The second kappa shape index (κ2) is 5.22. The highest BCUT2D eigenvalue weighted by molar-refractivity contribution is 5.84. The standard InChI is InChI=1S/C13H17N5O/c1-7-8(2)17-18-12(11(7)6-14)15-9(3)13(19)16-10-4-5-10/h9-10H,4-5H2,1-3H3,(H,15,18)(H,16,19). The van der Waals surface area contributed by atoms with Crippen molar-refractivity contribution in [2.75, 3.05) is 5.32 Å². The third-order valence-electron chi connectivity index (χ3n) is 3.24. The van der Waals surface area contributed by atoms with Crippen LogP contribution >= 0.6 is 0 Å².